The molecule has 84 valence electrons. The topological polar surface area (TPSA) is 52.1 Å². The number of aryl methyl sites for hydroxylation is 1. The molecule has 1 atom stereocenters. The molecule has 0 amide bonds. The molecule has 4 nitrogen and oxygen atoms in total. The van der Waals surface area contributed by atoms with Crippen LogP contribution in [0.2, 0.25) is 0 Å². The van der Waals surface area contributed by atoms with E-state index in [1.165, 1.54) is 22.7 Å². The Balaban J connectivity index is 2.06. The van der Waals surface area contributed by atoms with Gasteiger partial charge in [0.05, 0.1) is 11.2 Å². The van der Waals surface area contributed by atoms with Gasteiger partial charge in [-0.15, -0.1) is 22.7 Å². The number of rotatable bonds is 3. The van der Waals surface area contributed by atoms with E-state index >= 15 is 0 Å². The van der Waals surface area contributed by atoms with E-state index in [9.17, 15) is 4.79 Å². The van der Waals surface area contributed by atoms with Crippen LogP contribution in [0.25, 0.3) is 0 Å². The van der Waals surface area contributed by atoms with Crippen molar-refractivity contribution in [2.24, 2.45) is 0 Å². The van der Waals surface area contributed by atoms with Crippen LogP contribution in [0.1, 0.15) is 33.4 Å². The maximum Gasteiger partial charge on any atom is 0.350 e. The van der Waals surface area contributed by atoms with Crippen LogP contribution in [0.5, 0.6) is 0 Å². The quantitative estimate of drug-likeness (QED) is 0.790. The molecule has 0 saturated heterocycles. The third-order valence-electron chi connectivity index (χ3n) is 2.01. The molecule has 0 bridgehead atoms. The number of carbonyl (C=O) groups excluding carboxylic acids is 1. The Morgan fingerprint density at radius 2 is 2.25 bits per heavy atom. The van der Waals surface area contributed by atoms with Crippen molar-refractivity contribution in [3.05, 3.63) is 32.7 Å². The molecule has 16 heavy (non-hydrogen) atoms. The minimum Gasteiger partial charge on any atom is -0.451 e. The van der Waals surface area contributed by atoms with Crippen LogP contribution < -0.4 is 0 Å². The maximum atomic E-state index is 11.8. The van der Waals surface area contributed by atoms with Gasteiger partial charge >= 0.3 is 5.97 Å². The highest BCUT2D eigenvalue weighted by Crippen LogP contribution is 2.22. The van der Waals surface area contributed by atoms with Gasteiger partial charge in [0.25, 0.3) is 0 Å². The van der Waals surface area contributed by atoms with Gasteiger partial charge in [-0.25, -0.2) is 14.8 Å². The van der Waals surface area contributed by atoms with E-state index in [0.29, 0.717) is 10.6 Å². The van der Waals surface area contributed by atoms with Crippen molar-refractivity contribution in [1.82, 2.24) is 9.97 Å². The van der Waals surface area contributed by atoms with Crippen molar-refractivity contribution >= 4 is 28.6 Å². The van der Waals surface area contributed by atoms with Gasteiger partial charge in [-0.05, 0) is 13.8 Å². The summed E-state index contributed by atoms with van der Waals surface area (Å²) in [5.41, 5.74) is 2.35. The first-order chi connectivity index (χ1) is 7.68. The molecule has 0 N–H and O–H groups in total. The molecule has 0 aliphatic rings. The molecule has 0 fully saturated rings. The molecule has 0 spiro atoms. The Hall–Kier alpha value is -1.27. The minimum atomic E-state index is -0.331. The SMILES string of the molecule is Cc1ncsc1C(=O)OC(C)c1nccs1. The molecule has 2 rings (SSSR count). The summed E-state index contributed by atoms with van der Waals surface area (Å²) in [4.78, 5) is 20.4. The zero-order valence-corrected chi connectivity index (χ0v) is 10.5. The third-order valence-corrected chi connectivity index (χ3v) is 3.86. The predicted molar refractivity (Wildman–Crippen MR) is 62.8 cm³/mol. The lowest BCUT2D eigenvalue weighted by molar-refractivity contribution is 0.0342. The Morgan fingerprint density at radius 1 is 1.44 bits per heavy atom. The van der Waals surface area contributed by atoms with Crippen LogP contribution in [-0.2, 0) is 4.74 Å². The fourth-order valence-corrected chi connectivity index (χ4v) is 2.50. The molecule has 2 aromatic heterocycles. The number of ether oxygens (including phenoxy) is 1. The van der Waals surface area contributed by atoms with Crippen LogP contribution in [0.15, 0.2) is 17.1 Å². The molecule has 0 aromatic carbocycles. The van der Waals surface area contributed by atoms with E-state index in [-0.39, 0.29) is 12.1 Å². The molecule has 0 aliphatic heterocycles. The number of aromatic nitrogens is 2. The number of hydrogen-bond acceptors (Lipinski definition) is 6. The standard InChI is InChI=1S/C10H10N2O2S2/c1-6-8(16-5-12-6)10(13)14-7(2)9-11-3-4-15-9/h3-5,7H,1-2H3. The van der Waals surface area contributed by atoms with Crippen molar-refractivity contribution < 1.29 is 9.53 Å². The summed E-state index contributed by atoms with van der Waals surface area (Å²) in [6.45, 7) is 3.61. The van der Waals surface area contributed by atoms with E-state index in [2.05, 4.69) is 9.97 Å². The van der Waals surface area contributed by atoms with E-state index in [1.807, 2.05) is 12.3 Å². The number of hydrogen-bond donors (Lipinski definition) is 0. The summed E-state index contributed by atoms with van der Waals surface area (Å²) in [6, 6.07) is 0. The molecular formula is C10H10N2O2S2. The van der Waals surface area contributed by atoms with Gasteiger partial charge in [-0.3, -0.25) is 0 Å². The summed E-state index contributed by atoms with van der Waals surface area (Å²) in [5, 5.41) is 2.66. The number of thiazole rings is 2. The van der Waals surface area contributed by atoms with Gasteiger partial charge in [0, 0.05) is 11.6 Å². The third kappa shape index (κ3) is 2.28. The average molecular weight is 254 g/mol. The highest BCUT2D eigenvalue weighted by molar-refractivity contribution is 7.11. The smallest absolute Gasteiger partial charge is 0.350 e. The lowest BCUT2D eigenvalue weighted by Gasteiger charge is -2.09. The molecule has 2 heterocycles. The van der Waals surface area contributed by atoms with Gasteiger partial charge < -0.3 is 4.74 Å². The highest BCUT2D eigenvalue weighted by Gasteiger charge is 2.18. The van der Waals surface area contributed by atoms with Crippen LogP contribution in [-0.4, -0.2) is 15.9 Å². The first-order valence-electron chi connectivity index (χ1n) is 4.69. The summed E-state index contributed by atoms with van der Waals surface area (Å²) in [7, 11) is 0. The van der Waals surface area contributed by atoms with E-state index < -0.39 is 0 Å². The van der Waals surface area contributed by atoms with Gasteiger partial charge in [-0.2, -0.15) is 0 Å². The molecular weight excluding hydrogens is 244 g/mol. The lowest BCUT2D eigenvalue weighted by Crippen LogP contribution is -2.08. The first kappa shape index (κ1) is 11.2. The Bertz CT molecular complexity index is 479. The average Bonchev–Trinajstić information content (AvgIpc) is 2.86. The summed E-state index contributed by atoms with van der Waals surface area (Å²) >= 11 is 2.77. The second-order valence-corrected chi connectivity index (χ2v) is 4.97. The second-order valence-electron chi connectivity index (χ2n) is 3.18. The fourth-order valence-electron chi connectivity index (χ4n) is 1.20. The zero-order chi connectivity index (χ0) is 11.5. The highest BCUT2D eigenvalue weighted by atomic mass is 32.1. The van der Waals surface area contributed by atoms with Crippen LogP contribution >= 0.6 is 22.7 Å². The summed E-state index contributed by atoms with van der Waals surface area (Å²) in [5.74, 6) is -0.331. The molecule has 0 radical (unpaired) electrons. The monoisotopic (exact) mass is 254 g/mol. The van der Waals surface area contributed by atoms with Crippen LogP contribution in [0, 0.1) is 6.92 Å². The molecule has 0 saturated carbocycles. The normalized spacial score (nSPS) is 12.4. The maximum absolute atomic E-state index is 11.8. The Morgan fingerprint density at radius 3 is 2.81 bits per heavy atom. The molecule has 1 unspecified atom stereocenters. The number of nitrogens with zero attached hydrogens (tertiary/aromatic N) is 2. The largest absolute Gasteiger partial charge is 0.451 e. The van der Waals surface area contributed by atoms with Crippen molar-refractivity contribution in [1.29, 1.82) is 0 Å². The van der Waals surface area contributed by atoms with Crippen molar-refractivity contribution in [2.45, 2.75) is 20.0 Å². The molecule has 0 aliphatic carbocycles. The van der Waals surface area contributed by atoms with Gasteiger partial charge in [0.1, 0.15) is 9.88 Å². The zero-order valence-electron chi connectivity index (χ0n) is 8.84. The fraction of sp³-hybridized carbons (Fsp3) is 0.300. The molecule has 6 heteroatoms. The first-order valence-corrected chi connectivity index (χ1v) is 6.45. The second kappa shape index (κ2) is 4.71. The van der Waals surface area contributed by atoms with Gasteiger partial charge in [0.15, 0.2) is 6.10 Å². The summed E-state index contributed by atoms with van der Waals surface area (Å²) < 4.78 is 5.30. The Kier molecular flexibility index (Phi) is 3.31. The van der Waals surface area contributed by atoms with Crippen molar-refractivity contribution in [2.75, 3.05) is 0 Å². The van der Waals surface area contributed by atoms with E-state index in [0.717, 1.165) is 5.01 Å². The van der Waals surface area contributed by atoms with Crippen molar-refractivity contribution in [3.63, 3.8) is 0 Å². The predicted octanol–water partition coefficient (Wildman–Crippen LogP) is 2.83. The number of esters is 1. The van der Waals surface area contributed by atoms with E-state index in [4.69, 9.17) is 4.74 Å². The van der Waals surface area contributed by atoms with Gasteiger partial charge in [-0.1, -0.05) is 0 Å². The van der Waals surface area contributed by atoms with Crippen molar-refractivity contribution in [3.8, 4) is 0 Å². The summed E-state index contributed by atoms with van der Waals surface area (Å²) in [6.07, 6.45) is 1.39. The Labute approximate surface area is 101 Å². The van der Waals surface area contributed by atoms with Gasteiger partial charge in [0.2, 0.25) is 0 Å². The van der Waals surface area contributed by atoms with E-state index in [1.54, 1.807) is 18.6 Å². The van der Waals surface area contributed by atoms with Crippen LogP contribution in [0.4, 0.5) is 0 Å². The minimum absolute atomic E-state index is 0.311. The van der Waals surface area contributed by atoms with Crippen LogP contribution in [0.3, 0.4) is 0 Å². The lowest BCUT2D eigenvalue weighted by atomic mass is 10.4. The number of carbonyl (C=O) groups is 1. The molecule has 2 aromatic rings.